The molecule has 0 aliphatic carbocycles. The number of carbonyl (C=O) groups excluding carboxylic acids is 1. The van der Waals surface area contributed by atoms with Gasteiger partial charge in [0.1, 0.15) is 11.2 Å². The second-order valence-electron chi connectivity index (χ2n) is 6.09. The third-order valence-corrected chi connectivity index (χ3v) is 3.09. The molecule has 0 atom stereocenters. The predicted molar refractivity (Wildman–Crippen MR) is 68.0 cm³/mol. The van der Waals surface area contributed by atoms with Gasteiger partial charge in [-0.15, -0.1) is 0 Å². The van der Waals surface area contributed by atoms with Crippen molar-refractivity contribution in [1.29, 1.82) is 0 Å². The molecule has 1 aliphatic rings. The highest BCUT2D eigenvalue weighted by Crippen LogP contribution is 2.35. The van der Waals surface area contributed by atoms with Gasteiger partial charge in [0.05, 0.1) is 13.1 Å². The fraction of sp³-hybridized carbons (Fsp3) is 0.500. The Bertz CT molecular complexity index is 578. The van der Waals surface area contributed by atoms with E-state index in [1.54, 1.807) is 20.8 Å². The normalized spacial score (nSPS) is 17.4. The van der Waals surface area contributed by atoms with E-state index in [0.717, 1.165) is 17.0 Å². The van der Waals surface area contributed by atoms with Crippen LogP contribution in [0.4, 0.5) is 18.0 Å². The molecular weight excluding hydrogens is 287 g/mol. The van der Waals surface area contributed by atoms with E-state index in [0.29, 0.717) is 0 Å². The SMILES string of the molecule is CC(C)(C)OC(=O)N1CC(O)(c2ccc(F)c(F)c2F)C1. The summed E-state index contributed by atoms with van der Waals surface area (Å²) in [6, 6.07) is 1.71. The summed E-state index contributed by atoms with van der Waals surface area (Å²) in [5.74, 6) is -4.42. The van der Waals surface area contributed by atoms with Crippen LogP contribution in [0.5, 0.6) is 0 Å². The van der Waals surface area contributed by atoms with Crippen LogP contribution in [0.15, 0.2) is 12.1 Å². The molecular formula is C14H16F3NO3. The van der Waals surface area contributed by atoms with E-state index < -0.39 is 34.7 Å². The number of amides is 1. The Labute approximate surface area is 120 Å². The molecule has 1 N–H and O–H groups in total. The van der Waals surface area contributed by atoms with Crippen LogP contribution < -0.4 is 0 Å². The molecule has 0 aromatic heterocycles. The lowest BCUT2D eigenvalue weighted by Crippen LogP contribution is -2.62. The van der Waals surface area contributed by atoms with Crippen molar-refractivity contribution in [3.63, 3.8) is 0 Å². The smallest absolute Gasteiger partial charge is 0.410 e. The number of benzene rings is 1. The van der Waals surface area contributed by atoms with Crippen LogP contribution in [0.2, 0.25) is 0 Å². The van der Waals surface area contributed by atoms with Gasteiger partial charge in [0, 0.05) is 5.56 Å². The molecule has 0 radical (unpaired) electrons. The zero-order valence-electron chi connectivity index (χ0n) is 11.9. The van der Waals surface area contributed by atoms with Crippen LogP contribution in [-0.2, 0) is 10.3 Å². The molecule has 1 aliphatic heterocycles. The number of β-amino-alcohol motifs (C(OH)–C–C–N with tert-alkyl or cyclic N) is 1. The van der Waals surface area contributed by atoms with Crippen LogP contribution in [0.3, 0.4) is 0 Å². The molecule has 21 heavy (non-hydrogen) atoms. The van der Waals surface area contributed by atoms with E-state index >= 15 is 0 Å². The lowest BCUT2D eigenvalue weighted by Gasteiger charge is -2.46. The topological polar surface area (TPSA) is 49.8 Å². The van der Waals surface area contributed by atoms with Crippen molar-refractivity contribution >= 4 is 6.09 Å². The first-order valence-corrected chi connectivity index (χ1v) is 6.38. The Morgan fingerprint density at radius 1 is 1.24 bits per heavy atom. The molecule has 1 amide bonds. The van der Waals surface area contributed by atoms with Crippen LogP contribution in [0.1, 0.15) is 26.3 Å². The van der Waals surface area contributed by atoms with Gasteiger partial charge in [0.25, 0.3) is 0 Å². The molecule has 0 unspecified atom stereocenters. The van der Waals surface area contributed by atoms with Crippen molar-refractivity contribution in [1.82, 2.24) is 4.90 Å². The van der Waals surface area contributed by atoms with Gasteiger partial charge >= 0.3 is 6.09 Å². The summed E-state index contributed by atoms with van der Waals surface area (Å²) in [7, 11) is 0. The summed E-state index contributed by atoms with van der Waals surface area (Å²) in [5, 5.41) is 10.2. The van der Waals surface area contributed by atoms with Gasteiger partial charge in [-0.1, -0.05) is 0 Å². The van der Waals surface area contributed by atoms with Crippen LogP contribution in [0, 0.1) is 17.5 Å². The molecule has 7 heteroatoms. The summed E-state index contributed by atoms with van der Waals surface area (Å²) in [5.41, 5.74) is -2.81. The number of halogens is 3. The van der Waals surface area contributed by atoms with Crippen molar-refractivity contribution in [2.24, 2.45) is 0 Å². The first-order valence-electron chi connectivity index (χ1n) is 6.38. The highest BCUT2D eigenvalue weighted by Gasteiger charge is 2.48. The molecule has 116 valence electrons. The Balaban J connectivity index is 2.12. The fourth-order valence-corrected chi connectivity index (χ4v) is 2.10. The highest BCUT2D eigenvalue weighted by molar-refractivity contribution is 5.70. The predicted octanol–water partition coefficient (Wildman–Crippen LogP) is 2.54. The zero-order valence-corrected chi connectivity index (χ0v) is 11.9. The van der Waals surface area contributed by atoms with Crippen molar-refractivity contribution in [2.75, 3.05) is 13.1 Å². The lowest BCUT2D eigenvalue weighted by atomic mass is 9.86. The van der Waals surface area contributed by atoms with Crippen LogP contribution in [0.25, 0.3) is 0 Å². The highest BCUT2D eigenvalue weighted by atomic mass is 19.2. The van der Waals surface area contributed by atoms with Crippen molar-refractivity contribution in [2.45, 2.75) is 32.0 Å². The number of likely N-dealkylation sites (tertiary alicyclic amines) is 1. The number of hydrogen-bond acceptors (Lipinski definition) is 3. The zero-order chi connectivity index (χ0) is 16.0. The van der Waals surface area contributed by atoms with Gasteiger partial charge in [-0.25, -0.2) is 18.0 Å². The summed E-state index contributed by atoms with van der Waals surface area (Å²) >= 11 is 0. The minimum atomic E-state index is -1.74. The van der Waals surface area contributed by atoms with Crippen molar-refractivity contribution < 1.29 is 27.8 Å². The number of carbonyl (C=O) groups is 1. The molecule has 0 bridgehead atoms. The Morgan fingerprint density at radius 2 is 1.81 bits per heavy atom. The largest absolute Gasteiger partial charge is 0.444 e. The maximum Gasteiger partial charge on any atom is 0.410 e. The van der Waals surface area contributed by atoms with Gasteiger partial charge in [-0.3, -0.25) is 0 Å². The van der Waals surface area contributed by atoms with Gasteiger partial charge in [0.2, 0.25) is 0 Å². The van der Waals surface area contributed by atoms with Gasteiger partial charge in [0.15, 0.2) is 17.5 Å². The third kappa shape index (κ3) is 2.97. The number of ether oxygens (including phenoxy) is 1. The number of rotatable bonds is 1. The molecule has 1 saturated heterocycles. The molecule has 1 aromatic carbocycles. The summed E-state index contributed by atoms with van der Waals surface area (Å²) in [6.45, 7) is 4.57. The second-order valence-corrected chi connectivity index (χ2v) is 6.09. The van der Waals surface area contributed by atoms with E-state index in [2.05, 4.69) is 0 Å². The molecule has 1 fully saturated rings. The molecule has 0 saturated carbocycles. The van der Waals surface area contributed by atoms with E-state index in [1.807, 2.05) is 0 Å². The van der Waals surface area contributed by atoms with Crippen molar-refractivity contribution in [3.05, 3.63) is 35.1 Å². The van der Waals surface area contributed by atoms with Gasteiger partial charge in [-0.05, 0) is 32.9 Å². The first-order chi connectivity index (χ1) is 9.53. The molecule has 4 nitrogen and oxygen atoms in total. The monoisotopic (exact) mass is 303 g/mol. The quantitative estimate of drug-likeness (QED) is 0.811. The van der Waals surface area contributed by atoms with Crippen molar-refractivity contribution in [3.8, 4) is 0 Å². The molecule has 0 spiro atoms. The summed E-state index contributed by atoms with van der Waals surface area (Å²) in [4.78, 5) is 12.9. The molecule has 1 heterocycles. The number of hydrogen-bond donors (Lipinski definition) is 1. The van der Waals surface area contributed by atoms with E-state index in [9.17, 15) is 23.1 Å². The van der Waals surface area contributed by atoms with Gasteiger partial charge in [-0.2, -0.15) is 0 Å². The third-order valence-electron chi connectivity index (χ3n) is 3.09. The molecule has 2 rings (SSSR count). The fourth-order valence-electron chi connectivity index (χ4n) is 2.10. The van der Waals surface area contributed by atoms with Crippen LogP contribution in [-0.4, -0.2) is 34.8 Å². The minimum Gasteiger partial charge on any atom is -0.444 e. The van der Waals surface area contributed by atoms with E-state index in [1.165, 1.54) is 0 Å². The standard InChI is InChI=1S/C14H16F3NO3/c1-13(2,3)21-12(19)18-6-14(20,7-18)8-4-5-9(15)11(17)10(8)16/h4-5,20H,6-7H2,1-3H3. The minimum absolute atomic E-state index is 0.246. The Morgan fingerprint density at radius 3 is 2.33 bits per heavy atom. The maximum atomic E-state index is 13.7. The lowest BCUT2D eigenvalue weighted by molar-refractivity contribution is -0.105. The van der Waals surface area contributed by atoms with Gasteiger partial charge < -0.3 is 14.7 Å². The Kier molecular flexibility index (Phi) is 3.65. The Hall–Kier alpha value is -1.76. The average Bonchev–Trinajstić information content (AvgIpc) is 2.30. The maximum absolute atomic E-state index is 13.7. The second kappa shape index (κ2) is 4.91. The first kappa shape index (κ1) is 15.6. The van der Waals surface area contributed by atoms with Crippen LogP contribution >= 0.6 is 0 Å². The molecule has 1 aromatic rings. The van der Waals surface area contributed by atoms with E-state index in [-0.39, 0.29) is 18.7 Å². The summed E-state index contributed by atoms with van der Waals surface area (Å²) in [6.07, 6.45) is -0.657. The summed E-state index contributed by atoms with van der Waals surface area (Å²) < 4.78 is 44.8. The average molecular weight is 303 g/mol. The van der Waals surface area contributed by atoms with E-state index in [4.69, 9.17) is 4.74 Å². The number of nitrogens with zero attached hydrogens (tertiary/aromatic N) is 1. The number of aliphatic hydroxyl groups is 1.